The van der Waals surface area contributed by atoms with E-state index < -0.39 is 0 Å². The lowest BCUT2D eigenvalue weighted by Gasteiger charge is -2.32. The lowest BCUT2D eigenvalue weighted by Crippen LogP contribution is -2.37. The van der Waals surface area contributed by atoms with Crippen LogP contribution in [0.2, 0.25) is 0 Å². The van der Waals surface area contributed by atoms with Crippen molar-refractivity contribution < 1.29 is 13.9 Å². The number of nitrogens with one attached hydrogen (secondary N) is 1. The number of aromatic nitrogens is 3. The van der Waals surface area contributed by atoms with Crippen molar-refractivity contribution in [2.24, 2.45) is 7.05 Å². The number of aryl methyl sites for hydroxylation is 1. The molecule has 166 valence electrons. The molecular formula is C25H27FN4O2. The zero-order valence-corrected chi connectivity index (χ0v) is 18.1. The first-order valence-electron chi connectivity index (χ1n) is 10.9. The van der Waals surface area contributed by atoms with Crippen LogP contribution in [0.1, 0.15) is 23.1 Å². The summed E-state index contributed by atoms with van der Waals surface area (Å²) < 4.78 is 27.7. The number of fused-ring (bicyclic) bond motifs is 1. The second-order valence-corrected chi connectivity index (χ2v) is 8.25. The zero-order chi connectivity index (χ0) is 21.9. The van der Waals surface area contributed by atoms with E-state index in [-0.39, 0.29) is 11.9 Å². The molecule has 2 aromatic heterocycles. The molecule has 1 fully saturated rings. The molecule has 1 aliphatic rings. The molecule has 1 aliphatic heterocycles. The minimum absolute atomic E-state index is 0.0875. The maximum atomic E-state index is 13.8. The Hall–Kier alpha value is -3.16. The van der Waals surface area contributed by atoms with Crippen LogP contribution >= 0.6 is 0 Å². The number of hydrogen-bond donors (Lipinski definition) is 1. The molecule has 0 aliphatic carbocycles. The Morgan fingerprint density at radius 2 is 2.06 bits per heavy atom. The summed E-state index contributed by atoms with van der Waals surface area (Å²) in [6.45, 7) is 3.56. The van der Waals surface area contributed by atoms with E-state index in [0.717, 1.165) is 59.7 Å². The fraction of sp³-hybridized carbons (Fsp3) is 0.320. The van der Waals surface area contributed by atoms with Crippen molar-refractivity contribution in [2.75, 3.05) is 26.3 Å². The predicted molar refractivity (Wildman–Crippen MR) is 121 cm³/mol. The van der Waals surface area contributed by atoms with Gasteiger partial charge in [0.25, 0.3) is 0 Å². The number of rotatable bonds is 7. The summed E-state index contributed by atoms with van der Waals surface area (Å²) in [5, 5.41) is 8.57. The van der Waals surface area contributed by atoms with Crippen molar-refractivity contribution in [3.63, 3.8) is 0 Å². The van der Waals surface area contributed by atoms with Crippen LogP contribution < -0.4 is 4.74 Å². The Morgan fingerprint density at radius 3 is 2.94 bits per heavy atom. The van der Waals surface area contributed by atoms with Crippen LogP contribution in [0.25, 0.3) is 10.9 Å². The lowest BCUT2D eigenvalue weighted by atomic mass is 10.1. The summed E-state index contributed by atoms with van der Waals surface area (Å²) in [7, 11) is 2.00. The summed E-state index contributed by atoms with van der Waals surface area (Å²) >= 11 is 0. The average molecular weight is 435 g/mol. The molecule has 32 heavy (non-hydrogen) atoms. The van der Waals surface area contributed by atoms with E-state index in [0.29, 0.717) is 13.2 Å². The Morgan fingerprint density at radius 1 is 1.19 bits per heavy atom. The van der Waals surface area contributed by atoms with Gasteiger partial charge in [-0.3, -0.25) is 10.00 Å². The first-order valence-corrected chi connectivity index (χ1v) is 10.9. The number of nitrogens with zero attached hydrogens (tertiary/aromatic N) is 3. The molecular weight excluding hydrogens is 407 g/mol. The minimum atomic E-state index is -0.204. The number of aromatic amines is 1. The van der Waals surface area contributed by atoms with Gasteiger partial charge in [0.2, 0.25) is 0 Å². The number of benzene rings is 2. The number of H-pyrrole nitrogens is 1. The quantitative estimate of drug-likeness (QED) is 0.473. The summed E-state index contributed by atoms with van der Waals surface area (Å²) in [4.78, 5) is 2.35. The van der Waals surface area contributed by atoms with E-state index in [1.54, 1.807) is 6.07 Å². The molecule has 0 unspecified atom stereocenters. The van der Waals surface area contributed by atoms with Gasteiger partial charge in [-0.05, 0) is 42.0 Å². The van der Waals surface area contributed by atoms with E-state index in [1.165, 1.54) is 6.07 Å². The van der Waals surface area contributed by atoms with Crippen molar-refractivity contribution in [3.8, 4) is 5.75 Å². The van der Waals surface area contributed by atoms with Crippen molar-refractivity contribution in [1.29, 1.82) is 0 Å². The van der Waals surface area contributed by atoms with Crippen molar-refractivity contribution in [3.05, 3.63) is 83.6 Å². The third-order valence-corrected chi connectivity index (χ3v) is 5.94. The highest BCUT2D eigenvalue weighted by atomic mass is 19.1. The van der Waals surface area contributed by atoms with Crippen LogP contribution in [0.3, 0.4) is 0 Å². The monoisotopic (exact) mass is 434 g/mol. The average Bonchev–Trinajstić information content (AvgIpc) is 3.39. The van der Waals surface area contributed by atoms with Crippen molar-refractivity contribution >= 4 is 10.9 Å². The van der Waals surface area contributed by atoms with Gasteiger partial charge in [0.15, 0.2) is 0 Å². The van der Waals surface area contributed by atoms with Gasteiger partial charge in [0.1, 0.15) is 17.7 Å². The summed E-state index contributed by atoms with van der Waals surface area (Å²) in [5.74, 6) is 0.664. The second-order valence-electron chi connectivity index (χ2n) is 8.25. The number of halogens is 1. The highest BCUT2D eigenvalue weighted by Gasteiger charge is 2.25. The SMILES string of the molecule is Cn1cc(CN2CCO[C@@H](c3cc(CCOc4ccccc4)[nH]n3)C2)c2cc(F)ccc21. The fourth-order valence-corrected chi connectivity index (χ4v) is 4.31. The van der Waals surface area contributed by atoms with Gasteiger partial charge in [-0.1, -0.05) is 18.2 Å². The molecule has 1 N–H and O–H groups in total. The van der Waals surface area contributed by atoms with Crippen LogP contribution in [0.5, 0.6) is 5.75 Å². The zero-order valence-electron chi connectivity index (χ0n) is 18.1. The Kier molecular flexibility index (Phi) is 5.92. The summed E-state index contributed by atoms with van der Waals surface area (Å²) in [6.07, 6.45) is 2.75. The maximum absolute atomic E-state index is 13.8. The summed E-state index contributed by atoms with van der Waals surface area (Å²) in [6, 6.07) is 16.8. The summed E-state index contributed by atoms with van der Waals surface area (Å²) in [5.41, 5.74) is 4.11. The molecule has 2 aromatic carbocycles. The minimum Gasteiger partial charge on any atom is -0.493 e. The molecule has 6 nitrogen and oxygen atoms in total. The van der Waals surface area contributed by atoms with Gasteiger partial charge in [-0.25, -0.2) is 4.39 Å². The number of morpholine rings is 1. The normalized spacial score (nSPS) is 17.1. The number of para-hydroxylation sites is 1. The predicted octanol–water partition coefficient (Wildman–Crippen LogP) is 4.24. The molecule has 0 bridgehead atoms. The molecule has 7 heteroatoms. The molecule has 0 radical (unpaired) electrons. The molecule has 0 saturated carbocycles. The van der Waals surface area contributed by atoms with Gasteiger partial charge < -0.3 is 14.0 Å². The van der Waals surface area contributed by atoms with Crippen LogP contribution in [-0.4, -0.2) is 46.0 Å². The molecule has 0 amide bonds. The number of ether oxygens (including phenoxy) is 2. The van der Waals surface area contributed by atoms with E-state index in [1.807, 2.05) is 43.4 Å². The Bertz CT molecular complexity index is 1190. The van der Waals surface area contributed by atoms with Gasteiger partial charge in [0, 0.05) is 55.9 Å². The largest absolute Gasteiger partial charge is 0.493 e. The van der Waals surface area contributed by atoms with Gasteiger partial charge in [-0.2, -0.15) is 5.10 Å². The van der Waals surface area contributed by atoms with E-state index in [9.17, 15) is 4.39 Å². The maximum Gasteiger partial charge on any atom is 0.123 e. The third kappa shape index (κ3) is 4.54. The fourth-order valence-electron chi connectivity index (χ4n) is 4.31. The smallest absolute Gasteiger partial charge is 0.123 e. The van der Waals surface area contributed by atoms with Crippen LogP contribution in [0.15, 0.2) is 60.8 Å². The van der Waals surface area contributed by atoms with Gasteiger partial charge in [0.05, 0.1) is 18.9 Å². The topological polar surface area (TPSA) is 55.3 Å². The van der Waals surface area contributed by atoms with Gasteiger partial charge >= 0.3 is 0 Å². The van der Waals surface area contributed by atoms with Crippen molar-refractivity contribution in [1.82, 2.24) is 19.7 Å². The van der Waals surface area contributed by atoms with E-state index in [4.69, 9.17) is 9.47 Å². The Balaban J connectivity index is 1.21. The standard InChI is InChI=1S/C25H27FN4O2/c1-29-15-18(22-13-19(26)7-8-24(22)29)16-30-10-12-32-25(17-30)23-14-20(27-28-23)9-11-31-21-5-3-2-4-6-21/h2-8,13-15,25H,9-12,16-17H2,1H3,(H,27,28)/t25-/m1/s1. The van der Waals surface area contributed by atoms with Crippen LogP contribution in [0, 0.1) is 5.82 Å². The van der Waals surface area contributed by atoms with Gasteiger partial charge in [-0.15, -0.1) is 0 Å². The molecule has 0 spiro atoms. The molecule has 1 saturated heterocycles. The van der Waals surface area contributed by atoms with E-state index in [2.05, 4.69) is 31.9 Å². The van der Waals surface area contributed by atoms with Crippen LogP contribution in [-0.2, 0) is 24.8 Å². The molecule has 4 aromatic rings. The third-order valence-electron chi connectivity index (χ3n) is 5.94. The van der Waals surface area contributed by atoms with Crippen molar-refractivity contribution in [2.45, 2.75) is 19.1 Å². The first kappa shape index (κ1) is 20.7. The highest BCUT2D eigenvalue weighted by Crippen LogP contribution is 2.26. The Labute approximate surface area is 186 Å². The molecule has 1 atom stereocenters. The lowest BCUT2D eigenvalue weighted by molar-refractivity contribution is -0.0349. The van der Waals surface area contributed by atoms with Crippen LogP contribution in [0.4, 0.5) is 4.39 Å². The second kappa shape index (κ2) is 9.14. The first-order chi connectivity index (χ1) is 15.7. The molecule has 3 heterocycles. The number of hydrogen-bond acceptors (Lipinski definition) is 4. The van der Waals surface area contributed by atoms with E-state index >= 15 is 0 Å². The molecule has 5 rings (SSSR count). The highest BCUT2D eigenvalue weighted by molar-refractivity contribution is 5.84.